The molecule has 0 N–H and O–H groups in total. The number of nitrogens with zero attached hydrogens (tertiary/aromatic N) is 5. The van der Waals surface area contributed by atoms with Gasteiger partial charge in [-0.1, -0.05) is 53.9 Å². The van der Waals surface area contributed by atoms with Gasteiger partial charge in [0.2, 0.25) is 5.91 Å². The molecular formula is C23H25N5OS3. The Kier molecular flexibility index (Phi) is 7.49. The van der Waals surface area contributed by atoms with Gasteiger partial charge in [-0.2, -0.15) is 0 Å². The second-order valence-electron chi connectivity index (χ2n) is 7.06. The van der Waals surface area contributed by atoms with E-state index in [0.29, 0.717) is 12.3 Å². The van der Waals surface area contributed by atoms with Crippen molar-refractivity contribution in [3.63, 3.8) is 0 Å². The highest BCUT2D eigenvalue weighted by atomic mass is 32.2. The molecule has 1 amide bonds. The van der Waals surface area contributed by atoms with Crippen molar-refractivity contribution in [1.29, 1.82) is 0 Å². The van der Waals surface area contributed by atoms with Crippen molar-refractivity contribution in [3.05, 3.63) is 60.4 Å². The lowest BCUT2D eigenvalue weighted by atomic mass is 10.2. The van der Waals surface area contributed by atoms with E-state index in [9.17, 15) is 4.79 Å². The Morgan fingerprint density at radius 1 is 1.09 bits per heavy atom. The van der Waals surface area contributed by atoms with Gasteiger partial charge in [-0.05, 0) is 45.0 Å². The van der Waals surface area contributed by atoms with Crippen molar-refractivity contribution in [2.24, 2.45) is 0 Å². The van der Waals surface area contributed by atoms with E-state index in [1.54, 1.807) is 23.1 Å². The molecule has 0 fully saturated rings. The highest BCUT2D eigenvalue weighted by molar-refractivity contribution is 8.00. The number of benzene rings is 2. The maximum atomic E-state index is 13.1. The maximum Gasteiger partial charge on any atom is 0.240 e. The Bertz CT molecular complexity index is 1160. The third-order valence-electron chi connectivity index (χ3n) is 4.99. The molecule has 6 nitrogen and oxygen atoms in total. The molecule has 2 aromatic heterocycles. The number of carbonyl (C=O) groups is 1. The van der Waals surface area contributed by atoms with Gasteiger partial charge in [0.25, 0.3) is 0 Å². The van der Waals surface area contributed by atoms with Crippen LogP contribution in [0, 0.1) is 0 Å². The number of para-hydroxylation sites is 2. The number of hydrogen-bond donors (Lipinski definition) is 0. The molecule has 2 heterocycles. The molecule has 0 radical (unpaired) electrons. The fraction of sp³-hybridized carbons (Fsp3) is 0.304. The van der Waals surface area contributed by atoms with Crippen LogP contribution in [0.1, 0.15) is 26.6 Å². The van der Waals surface area contributed by atoms with Gasteiger partial charge in [0.1, 0.15) is 5.82 Å². The van der Waals surface area contributed by atoms with Crippen LogP contribution in [0.3, 0.4) is 0 Å². The van der Waals surface area contributed by atoms with Gasteiger partial charge in [0.15, 0.2) is 9.50 Å². The fourth-order valence-electron chi connectivity index (χ4n) is 3.37. The number of aromatic nitrogens is 4. The Labute approximate surface area is 200 Å². The number of carbonyl (C=O) groups excluding carboxylic acids is 1. The maximum absolute atomic E-state index is 13.1. The summed E-state index contributed by atoms with van der Waals surface area (Å²) in [5, 5.41) is 9.32. The van der Waals surface area contributed by atoms with Gasteiger partial charge in [0.05, 0.1) is 21.2 Å². The van der Waals surface area contributed by atoms with Crippen LogP contribution in [0.25, 0.3) is 10.2 Å². The van der Waals surface area contributed by atoms with Crippen molar-refractivity contribution in [1.82, 2.24) is 19.7 Å². The first-order valence-electron chi connectivity index (χ1n) is 10.5. The molecular weight excluding hydrogens is 458 g/mol. The first-order chi connectivity index (χ1) is 15.6. The Hall–Kier alpha value is -2.36. The summed E-state index contributed by atoms with van der Waals surface area (Å²) in [4.78, 5) is 19.6. The second kappa shape index (κ2) is 10.5. The third-order valence-corrected chi connectivity index (χ3v) is 8.23. The summed E-state index contributed by atoms with van der Waals surface area (Å²) in [6.07, 6.45) is 0. The minimum atomic E-state index is -0.269. The molecule has 0 bridgehead atoms. The fourth-order valence-corrected chi connectivity index (χ4v) is 6.37. The molecule has 166 valence electrons. The predicted molar refractivity (Wildman–Crippen MR) is 135 cm³/mol. The number of anilines is 1. The molecule has 0 spiro atoms. The van der Waals surface area contributed by atoms with Gasteiger partial charge in [-0.25, -0.2) is 4.98 Å². The highest BCUT2D eigenvalue weighted by Gasteiger charge is 2.24. The highest BCUT2D eigenvalue weighted by Crippen LogP contribution is 2.32. The zero-order chi connectivity index (χ0) is 22.5. The molecule has 0 aliphatic rings. The number of hydrogen-bond acceptors (Lipinski definition) is 7. The van der Waals surface area contributed by atoms with E-state index >= 15 is 0 Å². The minimum absolute atomic E-state index is 0.0692. The van der Waals surface area contributed by atoms with E-state index in [0.717, 1.165) is 33.1 Å². The van der Waals surface area contributed by atoms with E-state index in [-0.39, 0.29) is 11.2 Å². The van der Waals surface area contributed by atoms with E-state index < -0.39 is 0 Å². The standard InChI is InChI=1S/C23H25N5OS3/c1-4-27(17-11-7-6-8-12-17)21(29)16(3)31-22-26-25-20(28(22)5-2)15-30-23-24-18-13-9-10-14-19(18)32-23/h6-14,16H,4-5,15H2,1-3H3. The van der Waals surface area contributed by atoms with Crippen LogP contribution in [0.2, 0.25) is 0 Å². The summed E-state index contributed by atoms with van der Waals surface area (Å²) in [6, 6.07) is 17.9. The van der Waals surface area contributed by atoms with Crippen LogP contribution in [0.5, 0.6) is 0 Å². The Morgan fingerprint density at radius 3 is 2.56 bits per heavy atom. The normalized spacial score (nSPS) is 12.2. The monoisotopic (exact) mass is 483 g/mol. The molecule has 9 heteroatoms. The topological polar surface area (TPSA) is 63.9 Å². The van der Waals surface area contributed by atoms with Gasteiger partial charge in [-0.15, -0.1) is 21.5 Å². The van der Waals surface area contributed by atoms with Crippen LogP contribution in [-0.4, -0.2) is 37.5 Å². The number of amides is 1. The molecule has 4 rings (SSSR count). The van der Waals surface area contributed by atoms with Crippen molar-refractivity contribution < 1.29 is 4.79 Å². The van der Waals surface area contributed by atoms with Crippen molar-refractivity contribution in [3.8, 4) is 0 Å². The van der Waals surface area contributed by atoms with Gasteiger partial charge in [0, 0.05) is 18.8 Å². The lowest BCUT2D eigenvalue weighted by molar-refractivity contribution is -0.117. The van der Waals surface area contributed by atoms with Crippen LogP contribution in [-0.2, 0) is 17.1 Å². The lowest BCUT2D eigenvalue weighted by Crippen LogP contribution is -2.36. The molecule has 0 saturated carbocycles. The van der Waals surface area contributed by atoms with E-state index in [1.165, 1.54) is 16.5 Å². The van der Waals surface area contributed by atoms with E-state index in [4.69, 9.17) is 0 Å². The molecule has 2 aromatic carbocycles. The zero-order valence-electron chi connectivity index (χ0n) is 18.3. The molecule has 0 saturated heterocycles. The molecule has 4 aromatic rings. The number of thiazole rings is 1. The average molecular weight is 484 g/mol. The molecule has 32 heavy (non-hydrogen) atoms. The average Bonchev–Trinajstić information content (AvgIpc) is 3.41. The summed E-state index contributed by atoms with van der Waals surface area (Å²) in [7, 11) is 0. The Balaban J connectivity index is 1.44. The largest absolute Gasteiger partial charge is 0.312 e. The van der Waals surface area contributed by atoms with Crippen LogP contribution in [0.15, 0.2) is 64.1 Å². The van der Waals surface area contributed by atoms with Crippen molar-refractivity contribution >= 4 is 56.7 Å². The summed E-state index contributed by atoms with van der Waals surface area (Å²) < 4.78 is 4.30. The molecule has 0 aliphatic heterocycles. The number of fused-ring (bicyclic) bond motifs is 1. The van der Waals surface area contributed by atoms with Crippen LogP contribution < -0.4 is 4.90 Å². The molecule has 1 unspecified atom stereocenters. The summed E-state index contributed by atoms with van der Waals surface area (Å²) in [6.45, 7) is 7.38. The van der Waals surface area contributed by atoms with Gasteiger partial charge >= 0.3 is 0 Å². The van der Waals surface area contributed by atoms with Crippen molar-refractivity contribution in [2.75, 3.05) is 11.4 Å². The predicted octanol–water partition coefficient (Wildman–Crippen LogP) is 5.73. The molecule has 0 aliphatic carbocycles. The zero-order valence-corrected chi connectivity index (χ0v) is 20.7. The van der Waals surface area contributed by atoms with Crippen molar-refractivity contribution in [2.45, 2.75) is 47.8 Å². The van der Waals surface area contributed by atoms with Gasteiger partial charge in [-0.3, -0.25) is 4.79 Å². The minimum Gasteiger partial charge on any atom is -0.312 e. The molecule has 1 atom stereocenters. The van der Waals surface area contributed by atoms with Gasteiger partial charge < -0.3 is 9.47 Å². The number of thioether (sulfide) groups is 2. The quantitative estimate of drug-likeness (QED) is 0.283. The second-order valence-corrected chi connectivity index (χ2v) is 10.6. The summed E-state index contributed by atoms with van der Waals surface area (Å²) in [5.74, 6) is 1.66. The first kappa shape index (κ1) is 22.8. The SMILES string of the molecule is CCN(C(=O)C(C)Sc1nnc(CSc2nc3ccccc3s2)n1CC)c1ccccc1. The third kappa shape index (κ3) is 5.00. The van der Waals surface area contributed by atoms with E-state index in [2.05, 4.69) is 32.7 Å². The van der Waals surface area contributed by atoms with Crippen LogP contribution in [0.4, 0.5) is 5.69 Å². The van der Waals surface area contributed by atoms with E-state index in [1.807, 2.05) is 67.3 Å². The first-order valence-corrected chi connectivity index (χ1v) is 13.2. The Morgan fingerprint density at radius 2 is 1.84 bits per heavy atom. The lowest BCUT2D eigenvalue weighted by Gasteiger charge is -2.24. The smallest absolute Gasteiger partial charge is 0.240 e. The van der Waals surface area contributed by atoms with Crippen LogP contribution >= 0.6 is 34.9 Å². The summed E-state index contributed by atoms with van der Waals surface area (Å²) in [5.41, 5.74) is 1.94. The summed E-state index contributed by atoms with van der Waals surface area (Å²) >= 11 is 4.83. The number of rotatable bonds is 9.